The summed E-state index contributed by atoms with van der Waals surface area (Å²) in [6.07, 6.45) is 2.18. The summed E-state index contributed by atoms with van der Waals surface area (Å²) in [7, 11) is 1.62. The molecule has 1 aromatic carbocycles. The van der Waals surface area contributed by atoms with E-state index < -0.39 is 0 Å². The van der Waals surface area contributed by atoms with E-state index in [9.17, 15) is 14.4 Å². The molecular formula is C22H29N3O5S. The predicted molar refractivity (Wildman–Crippen MR) is 119 cm³/mol. The SMILES string of the molecule is CCOC(=O)C1CCCN(C(=O)CSc2nc3ccccc3c(=O)n2CCCOC)C1. The van der Waals surface area contributed by atoms with Crippen LogP contribution in [0.5, 0.6) is 0 Å². The van der Waals surface area contributed by atoms with Gasteiger partial charge in [-0.05, 0) is 38.3 Å². The fourth-order valence-electron chi connectivity index (χ4n) is 3.70. The van der Waals surface area contributed by atoms with Crippen LogP contribution in [0.3, 0.4) is 0 Å². The molecule has 3 rings (SSSR count). The molecule has 1 atom stereocenters. The average Bonchev–Trinajstić information content (AvgIpc) is 2.79. The van der Waals surface area contributed by atoms with Gasteiger partial charge in [0.25, 0.3) is 5.56 Å². The first-order valence-corrected chi connectivity index (χ1v) is 11.6. The molecule has 1 fully saturated rings. The van der Waals surface area contributed by atoms with Crippen molar-refractivity contribution in [1.29, 1.82) is 0 Å². The molecule has 0 aliphatic carbocycles. The van der Waals surface area contributed by atoms with Crippen LogP contribution in [-0.4, -0.2) is 65.5 Å². The Morgan fingerprint density at radius 3 is 2.87 bits per heavy atom. The number of methoxy groups -OCH3 is 1. The molecule has 0 radical (unpaired) electrons. The number of fused-ring (bicyclic) bond motifs is 1. The fraction of sp³-hybridized carbons (Fsp3) is 0.545. The Morgan fingerprint density at radius 1 is 1.29 bits per heavy atom. The topological polar surface area (TPSA) is 90.7 Å². The van der Waals surface area contributed by atoms with E-state index in [4.69, 9.17) is 9.47 Å². The minimum Gasteiger partial charge on any atom is -0.466 e. The molecule has 1 aliphatic rings. The largest absolute Gasteiger partial charge is 0.466 e. The number of benzene rings is 1. The molecule has 1 saturated heterocycles. The minimum absolute atomic E-state index is 0.0650. The summed E-state index contributed by atoms with van der Waals surface area (Å²) in [5, 5.41) is 1.08. The first-order valence-electron chi connectivity index (χ1n) is 10.6. The maximum atomic E-state index is 13.0. The quantitative estimate of drug-likeness (QED) is 0.252. The van der Waals surface area contributed by atoms with E-state index >= 15 is 0 Å². The van der Waals surface area contributed by atoms with Gasteiger partial charge in [0.15, 0.2) is 5.16 Å². The molecule has 31 heavy (non-hydrogen) atoms. The minimum atomic E-state index is -0.270. The molecule has 0 spiro atoms. The van der Waals surface area contributed by atoms with Gasteiger partial charge in [-0.1, -0.05) is 23.9 Å². The summed E-state index contributed by atoms with van der Waals surface area (Å²) in [6, 6.07) is 7.22. The molecule has 8 nitrogen and oxygen atoms in total. The number of carbonyl (C=O) groups excluding carboxylic acids is 2. The number of nitrogens with zero attached hydrogens (tertiary/aromatic N) is 3. The standard InChI is InChI=1S/C22H29N3O5S/c1-3-30-21(28)16-8-6-11-24(14-16)19(26)15-31-22-23-18-10-5-4-9-17(18)20(27)25(22)12-7-13-29-2/h4-5,9-10,16H,3,6-8,11-15H2,1-2H3. The van der Waals surface area contributed by atoms with Crippen molar-refractivity contribution >= 4 is 34.5 Å². The highest BCUT2D eigenvalue weighted by Gasteiger charge is 2.29. The van der Waals surface area contributed by atoms with Crippen LogP contribution in [-0.2, 0) is 25.6 Å². The Kier molecular flexibility index (Phi) is 8.48. The van der Waals surface area contributed by atoms with Crippen molar-refractivity contribution in [2.75, 3.05) is 39.2 Å². The summed E-state index contributed by atoms with van der Waals surface area (Å²) in [4.78, 5) is 44.2. The Morgan fingerprint density at radius 2 is 2.10 bits per heavy atom. The number of ether oxygens (including phenoxy) is 2. The number of carbonyl (C=O) groups is 2. The lowest BCUT2D eigenvalue weighted by molar-refractivity contribution is -0.151. The lowest BCUT2D eigenvalue weighted by atomic mass is 9.98. The van der Waals surface area contributed by atoms with Crippen LogP contribution in [0.25, 0.3) is 10.9 Å². The molecule has 9 heteroatoms. The van der Waals surface area contributed by atoms with Crippen LogP contribution >= 0.6 is 11.8 Å². The third kappa shape index (κ3) is 5.86. The van der Waals surface area contributed by atoms with E-state index in [1.807, 2.05) is 12.1 Å². The molecule has 168 valence electrons. The number of piperidine rings is 1. The van der Waals surface area contributed by atoms with Gasteiger partial charge in [-0.25, -0.2) is 4.98 Å². The smallest absolute Gasteiger partial charge is 0.310 e. The molecule has 0 N–H and O–H groups in total. The van der Waals surface area contributed by atoms with Gasteiger partial charge in [0.1, 0.15) is 0 Å². The van der Waals surface area contributed by atoms with E-state index in [-0.39, 0.29) is 29.1 Å². The van der Waals surface area contributed by atoms with E-state index in [1.165, 1.54) is 11.8 Å². The number of thioether (sulfide) groups is 1. The zero-order valence-electron chi connectivity index (χ0n) is 18.0. The molecule has 1 aliphatic heterocycles. The van der Waals surface area contributed by atoms with Crippen molar-refractivity contribution in [3.05, 3.63) is 34.6 Å². The van der Waals surface area contributed by atoms with E-state index in [0.717, 1.165) is 12.8 Å². The van der Waals surface area contributed by atoms with Crippen LogP contribution in [0.1, 0.15) is 26.2 Å². The van der Waals surface area contributed by atoms with Gasteiger partial charge in [-0.3, -0.25) is 19.0 Å². The van der Waals surface area contributed by atoms with Crippen LogP contribution < -0.4 is 5.56 Å². The van der Waals surface area contributed by atoms with Gasteiger partial charge in [-0.2, -0.15) is 0 Å². The summed E-state index contributed by atoms with van der Waals surface area (Å²) >= 11 is 1.26. The monoisotopic (exact) mass is 447 g/mol. The van der Waals surface area contributed by atoms with Crippen molar-refractivity contribution in [2.24, 2.45) is 5.92 Å². The first kappa shape index (κ1) is 23.3. The van der Waals surface area contributed by atoms with Crippen molar-refractivity contribution in [3.63, 3.8) is 0 Å². The van der Waals surface area contributed by atoms with Gasteiger partial charge in [-0.15, -0.1) is 0 Å². The zero-order chi connectivity index (χ0) is 22.2. The predicted octanol–water partition coefficient (Wildman–Crippen LogP) is 2.33. The normalized spacial score (nSPS) is 16.5. The third-order valence-electron chi connectivity index (χ3n) is 5.28. The van der Waals surface area contributed by atoms with Crippen LogP contribution in [0.15, 0.2) is 34.2 Å². The molecule has 1 amide bonds. The van der Waals surface area contributed by atoms with Gasteiger partial charge in [0.2, 0.25) is 5.91 Å². The van der Waals surface area contributed by atoms with Crippen molar-refractivity contribution in [3.8, 4) is 0 Å². The molecule has 0 bridgehead atoms. The van der Waals surface area contributed by atoms with Crippen molar-refractivity contribution in [1.82, 2.24) is 14.5 Å². The fourth-order valence-corrected chi connectivity index (χ4v) is 4.62. The van der Waals surface area contributed by atoms with Gasteiger partial charge < -0.3 is 14.4 Å². The van der Waals surface area contributed by atoms with Crippen LogP contribution in [0.4, 0.5) is 0 Å². The maximum Gasteiger partial charge on any atom is 0.310 e. The van der Waals surface area contributed by atoms with Gasteiger partial charge >= 0.3 is 5.97 Å². The molecule has 2 aromatic rings. The van der Waals surface area contributed by atoms with Crippen LogP contribution in [0, 0.1) is 5.92 Å². The zero-order valence-corrected chi connectivity index (χ0v) is 18.9. The number of para-hydroxylation sites is 1. The second kappa shape index (κ2) is 11.3. The Balaban J connectivity index is 1.73. The second-order valence-corrected chi connectivity index (χ2v) is 8.38. The highest BCUT2D eigenvalue weighted by Crippen LogP contribution is 2.22. The maximum absolute atomic E-state index is 13.0. The Hall–Kier alpha value is -2.39. The van der Waals surface area contributed by atoms with Gasteiger partial charge in [0, 0.05) is 33.4 Å². The lowest BCUT2D eigenvalue weighted by Gasteiger charge is -2.31. The number of esters is 1. The first-order chi connectivity index (χ1) is 15.0. The third-order valence-corrected chi connectivity index (χ3v) is 6.24. The number of hydrogen-bond acceptors (Lipinski definition) is 7. The summed E-state index contributed by atoms with van der Waals surface area (Å²) in [5.74, 6) is -0.417. The Bertz CT molecular complexity index is 977. The summed E-state index contributed by atoms with van der Waals surface area (Å²) in [5.41, 5.74) is 0.503. The molecule has 1 aromatic heterocycles. The van der Waals surface area contributed by atoms with E-state index in [2.05, 4.69) is 4.98 Å². The van der Waals surface area contributed by atoms with Crippen LogP contribution in [0.2, 0.25) is 0 Å². The second-order valence-electron chi connectivity index (χ2n) is 7.43. The van der Waals surface area contributed by atoms with Gasteiger partial charge in [0.05, 0.1) is 29.2 Å². The Labute approximate surface area is 185 Å². The lowest BCUT2D eigenvalue weighted by Crippen LogP contribution is -2.43. The molecule has 1 unspecified atom stereocenters. The number of likely N-dealkylation sites (tertiary alicyclic amines) is 1. The number of amides is 1. The molecule has 0 saturated carbocycles. The number of hydrogen-bond donors (Lipinski definition) is 0. The molecular weight excluding hydrogens is 418 g/mol. The number of aromatic nitrogens is 2. The van der Waals surface area contributed by atoms with E-state index in [0.29, 0.717) is 55.3 Å². The average molecular weight is 448 g/mol. The summed E-state index contributed by atoms with van der Waals surface area (Å²) < 4.78 is 11.9. The highest BCUT2D eigenvalue weighted by atomic mass is 32.2. The van der Waals surface area contributed by atoms with E-state index in [1.54, 1.807) is 35.6 Å². The number of rotatable bonds is 9. The van der Waals surface area contributed by atoms with Crippen molar-refractivity contribution in [2.45, 2.75) is 37.9 Å². The molecule has 2 heterocycles. The van der Waals surface area contributed by atoms with Crippen molar-refractivity contribution < 1.29 is 19.1 Å². The summed E-state index contributed by atoms with van der Waals surface area (Å²) in [6.45, 7) is 4.13. The highest BCUT2D eigenvalue weighted by molar-refractivity contribution is 7.99.